The molecule has 23 heavy (non-hydrogen) atoms. The van der Waals surface area contributed by atoms with Gasteiger partial charge in [-0.1, -0.05) is 18.2 Å². The number of para-hydroxylation sites is 1. The van der Waals surface area contributed by atoms with Crippen molar-refractivity contribution in [3.8, 4) is 5.75 Å². The maximum absolute atomic E-state index is 12.0. The quantitative estimate of drug-likeness (QED) is 0.827. The van der Waals surface area contributed by atoms with Crippen LogP contribution in [0, 0.1) is 0 Å². The molecule has 122 valence electrons. The van der Waals surface area contributed by atoms with Gasteiger partial charge < -0.3 is 15.0 Å². The van der Waals surface area contributed by atoms with Crippen LogP contribution in [0.4, 0.5) is 5.13 Å². The second-order valence-electron chi connectivity index (χ2n) is 5.69. The van der Waals surface area contributed by atoms with E-state index in [0.29, 0.717) is 19.4 Å². The van der Waals surface area contributed by atoms with Crippen molar-refractivity contribution in [1.82, 2.24) is 9.88 Å². The third-order valence-electron chi connectivity index (χ3n) is 3.73. The number of carbonyl (C=O) groups is 1. The number of hydrogen-bond acceptors (Lipinski definition) is 5. The van der Waals surface area contributed by atoms with E-state index in [-0.39, 0.29) is 5.91 Å². The van der Waals surface area contributed by atoms with E-state index in [0.717, 1.165) is 36.1 Å². The topological polar surface area (TPSA) is 54.5 Å². The number of anilines is 1. The smallest absolute Gasteiger partial charge is 0.226 e. The minimum atomic E-state index is 0.00103. The highest BCUT2D eigenvalue weighted by Crippen LogP contribution is 2.27. The van der Waals surface area contributed by atoms with Crippen molar-refractivity contribution < 1.29 is 9.53 Å². The average molecular weight is 331 g/mol. The second kappa shape index (κ2) is 7.57. The largest absolute Gasteiger partial charge is 0.494 e. The molecule has 1 N–H and O–H groups in total. The van der Waals surface area contributed by atoms with Gasteiger partial charge in [-0.3, -0.25) is 4.79 Å². The first kappa shape index (κ1) is 16.0. The average Bonchev–Trinajstić information content (AvgIpc) is 2.94. The molecule has 0 saturated heterocycles. The second-order valence-corrected chi connectivity index (χ2v) is 6.77. The highest BCUT2D eigenvalue weighted by atomic mass is 32.1. The molecule has 0 spiro atoms. The Bertz CT molecular complexity index is 657. The van der Waals surface area contributed by atoms with Crippen LogP contribution in [0.2, 0.25) is 0 Å². The summed E-state index contributed by atoms with van der Waals surface area (Å²) in [4.78, 5) is 20.1. The van der Waals surface area contributed by atoms with Gasteiger partial charge in [-0.2, -0.15) is 0 Å². The van der Waals surface area contributed by atoms with E-state index in [2.05, 4.69) is 22.2 Å². The Kier molecular flexibility index (Phi) is 5.25. The lowest BCUT2D eigenvalue weighted by Crippen LogP contribution is -2.25. The molecule has 1 aromatic carbocycles. The first-order valence-corrected chi connectivity index (χ1v) is 8.67. The number of nitrogens with zero attached hydrogens (tertiary/aromatic N) is 2. The van der Waals surface area contributed by atoms with Crippen LogP contribution in [-0.4, -0.2) is 36.0 Å². The number of thiazole rings is 1. The lowest BCUT2D eigenvalue weighted by Gasteiger charge is -2.20. The number of hydrogen-bond donors (Lipinski definition) is 1. The zero-order valence-corrected chi connectivity index (χ0v) is 14.1. The molecule has 0 fully saturated rings. The van der Waals surface area contributed by atoms with Crippen molar-refractivity contribution in [2.75, 3.05) is 25.5 Å². The Labute approximate surface area is 140 Å². The van der Waals surface area contributed by atoms with Gasteiger partial charge in [0.15, 0.2) is 5.13 Å². The molecule has 0 unspecified atom stereocenters. The third kappa shape index (κ3) is 4.53. The molecular formula is C17H21N3O2S. The van der Waals surface area contributed by atoms with Crippen LogP contribution >= 0.6 is 11.3 Å². The lowest BCUT2D eigenvalue weighted by molar-refractivity contribution is -0.116. The molecular weight excluding hydrogens is 310 g/mol. The van der Waals surface area contributed by atoms with E-state index >= 15 is 0 Å². The van der Waals surface area contributed by atoms with E-state index in [1.165, 1.54) is 4.88 Å². The first-order chi connectivity index (χ1) is 11.2. The summed E-state index contributed by atoms with van der Waals surface area (Å²) in [6.45, 7) is 2.49. The molecule has 2 heterocycles. The van der Waals surface area contributed by atoms with Gasteiger partial charge >= 0.3 is 0 Å². The predicted molar refractivity (Wildman–Crippen MR) is 92.0 cm³/mol. The van der Waals surface area contributed by atoms with Gasteiger partial charge in [0.25, 0.3) is 0 Å². The predicted octanol–water partition coefficient (Wildman–Crippen LogP) is 2.93. The van der Waals surface area contributed by atoms with Gasteiger partial charge in [0.2, 0.25) is 5.91 Å². The highest BCUT2D eigenvalue weighted by Gasteiger charge is 2.18. The van der Waals surface area contributed by atoms with Gasteiger partial charge in [-0.15, -0.1) is 11.3 Å². The number of carbonyl (C=O) groups excluding carboxylic acids is 1. The summed E-state index contributed by atoms with van der Waals surface area (Å²) in [6, 6.07) is 9.65. The van der Waals surface area contributed by atoms with Crippen molar-refractivity contribution in [1.29, 1.82) is 0 Å². The molecule has 1 amide bonds. The van der Waals surface area contributed by atoms with Crippen LogP contribution in [0.25, 0.3) is 0 Å². The molecule has 0 bridgehead atoms. The summed E-state index contributed by atoms with van der Waals surface area (Å²) in [5.74, 6) is 0.839. The first-order valence-electron chi connectivity index (χ1n) is 7.85. The summed E-state index contributed by atoms with van der Waals surface area (Å²) in [7, 11) is 2.10. The van der Waals surface area contributed by atoms with Crippen molar-refractivity contribution in [3.63, 3.8) is 0 Å². The molecule has 0 radical (unpaired) electrons. The standard InChI is InChI=1S/C17H21N3O2S/c1-20-10-9-14-15(12-20)23-17(18-14)19-16(21)8-5-11-22-13-6-3-2-4-7-13/h2-4,6-7H,5,8-12H2,1H3,(H,18,19,21). The van der Waals surface area contributed by atoms with E-state index in [9.17, 15) is 4.79 Å². The van der Waals surface area contributed by atoms with E-state index in [1.807, 2.05) is 30.3 Å². The van der Waals surface area contributed by atoms with Gasteiger partial charge in [-0.05, 0) is 25.6 Å². The van der Waals surface area contributed by atoms with E-state index in [4.69, 9.17) is 4.74 Å². The number of aromatic nitrogens is 1. The minimum Gasteiger partial charge on any atom is -0.494 e. The van der Waals surface area contributed by atoms with Gasteiger partial charge in [-0.25, -0.2) is 4.98 Å². The Balaban J connectivity index is 1.41. The van der Waals surface area contributed by atoms with Gasteiger partial charge in [0, 0.05) is 30.8 Å². The minimum absolute atomic E-state index is 0.00103. The van der Waals surface area contributed by atoms with Crippen molar-refractivity contribution in [3.05, 3.63) is 40.9 Å². The monoisotopic (exact) mass is 331 g/mol. The fourth-order valence-electron chi connectivity index (χ4n) is 2.50. The third-order valence-corrected chi connectivity index (χ3v) is 4.73. The van der Waals surface area contributed by atoms with Crippen LogP contribution in [0.3, 0.4) is 0 Å². The van der Waals surface area contributed by atoms with Crippen LogP contribution in [0.5, 0.6) is 5.75 Å². The fraction of sp³-hybridized carbons (Fsp3) is 0.412. The number of nitrogens with one attached hydrogen (secondary N) is 1. The molecule has 3 rings (SSSR count). The maximum atomic E-state index is 12.0. The van der Waals surface area contributed by atoms with Crippen molar-refractivity contribution >= 4 is 22.4 Å². The summed E-state index contributed by atoms with van der Waals surface area (Å²) in [5, 5.41) is 3.63. The van der Waals surface area contributed by atoms with E-state index < -0.39 is 0 Å². The van der Waals surface area contributed by atoms with Crippen molar-refractivity contribution in [2.24, 2.45) is 0 Å². The van der Waals surface area contributed by atoms with Crippen LogP contribution in [-0.2, 0) is 17.8 Å². The summed E-state index contributed by atoms with van der Waals surface area (Å²) in [5.41, 5.74) is 1.14. The van der Waals surface area contributed by atoms with Crippen LogP contribution < -0.4 is 10.1 Å². The molecule has 1 aromatic heterocycles. The number of rotatable bonds is 6. The van der Waals surface area contributed by atoms with Crippen LogP contribution in [0.15, 0.2) is 30.3 Å². The maximum Gasteiger partial charge on any atom is 0.226 e. The Morgan fingerprint density at radius 3 is 3.04 bits per heavy atom. The molecule has 0 aliphatic carbocycles. The fourth-order valence-corrected chi connectivity index (χ4v) is 3.60. The zero-order chi connectivity index (χ0) is 16.1. The Morgan fingerprint density at radius 2 is 2.22 bits per heavy atom. The molecule has 2 aromatic rings. The molecule has 1 aliphatic rings. The zero-order valence-electron chi connectivity index (χ0n) is 13.2. The molecule has 0 atom stereocenters. The number of benzene rings is 1. The Morgan fingerprint density at radius 1 is 1.39 bits per heavy atom. The van der Waals surface area contributed by atoms with Gasteiger partial charge in [0.05, 0.1) is 12.3 Å². The van der Waals surface area contributed by atoms with Crippen molar-refractivity contribution in [2.45, 2.75) is 25.8 Å². The van der Waals surface area contributed by atoms with Crippen LogP contribution in [0.1, 0.15) is 23.4 Å². The number of fused-ring (bicyclic) bond motifs is 1. The Hall–Kier alpha value is -1.92. The molecule has 1 aliphatic heterocycles. The SMILES string of the molecule is CN1CCc2nc(NC(=O)CCCOc3ccccc3)sc2C1. The number of amides is 1. The highest BCUT2D eigenvalue weighted by molar-refractivity contribution is 7.15. The lowest BCUT2D eigenvalue weighted by atomic mass is 10.2. The molecule has 6 heteroatoms. The molecule has 0 saturated carbocycles. The summed E-state index contributed by atoms with van der Waals surface area (Å²) >= 11 is 1.59. The normalized spacial score (nSPS) is 14.3. The van der Waals surface area contributed by atoms with Gasteiger partial charge in [0.1, 0.15) is 5.75 Å². The van der Waals surface area contributed by atoms with E-state index in [1.54, 1.807) is 11.3 Å². The summed E-state index contributed by atoms with van der Waals surface area (Å²) in [6.07, 6.45) is 2.09. The molecule has 5 nitrogen and oxygen atoms in total. The number of likely N-dealkylation sites (N-methyl/N-ethyl adjacent to an activating group) is 1. The number of ether oxygens (including phenoxy) is 1. The summed E-state index contributed by atoms with van der Waals surface area (Å²) < 4.78 is 5.59.